The van der Waals surface area contributed by atoms with E-state index in [9.17, 15) is 9.18 Å². The molecule has 0 atom stereocenters. The number of likely N-dealkylation sites (N-methyl/N-ethyl adjacent to an activating group) is 1. The molecule has 0 aliphatic carbocycles. The first kappa shape index (κ1) is 27.8. The lowest BCUT2D eigenvalue weighted by Gasteiger charge is -2.18. The number of fused-ring (bicyclic) bond motifs is 1. The fourth-order valence-electron chi connectivity index (χ4n) is 4.41. The molecular formula is C32H35FN4O2. The lowest BCUT2D eigenvalue weighted by molar-refractivity contribution is -0.123. The number of benzene rings is 3. The molecule has 39 heavy (non-hydrogen) atoms. The third-order valence-electron chi connectivity index (χ3n) is 6.37. The van der Waals surface area contributed by atoms with Gasteiger partial charge in [0, 0.05) is 33.3 Å². The zero-order valence-corrected chi connectivity index (χ0v) is 22.7. The number of rotatable bonds is 12. The lowest BCUT2D eigenvalue weighted by Crippen LogP contribution is -2.22. The fourth-order valence-corrected chi connectivity index (χ4v) is 4.41. The predicted molar refractivity (Wildman–Crippen MR) is 156 cm³/mol. The number of aromatic amines is 1. The SMILES string of the molecule is CCC/C(=C(/c1ccc(OCCNC/C=C/C(=O)N(C)C)cc1)c1ccc2n[nH]c(F)c2c1)c1ccccc1. The average Bonchev–Trinajstić information content (AvgIpc) is 3.33. The van der Waals surface area contributed by atoms with Crippen LogP contribution in [0.4, 0.5) is 4.39 Å². The molecule has 0 aliphatic rings. The maximum absolute atomic E-state index is 14.4. The minimum absolute atomic E-state index is 0.0364. The number of aromatic nitrogens is 2. The minimum Gasteiger partial charge on any atom is -0.492 e. The van der Waals surface area contributed by atoms with Gasteiger partial charge in [-0.3, -0.25) is 9.89 Å². The van der Waals surface area contributed by atoms with Crippen molar-refractivity contribution in [3.63, 3.8) is 0 Å². The molecule has 0 radical (unpaired) electrons. The Morgan fingerprint density at radius 2 is 1.77 bits per heavy atom. The van der Waals surface area contributed by atoms with Crippen molar-refractivity contribution in [2.45, 2.75) is 19.8 Å². The molecule has 4 rings (SSSR count). The summed E-state index contributed by atoms with van der Waals surface area (Å²) in [6.45, 7) is 3.91. The second kappa shape index (κ2) is 13.5. The summed E-state index contributed by atoms with van der Waals surface area (Å²) in [6.07, 6.45) is 5.21. The molecule has 1 aromatic heterocycles. The number of nitrogens with zero attached hydrogens (tertiary/aromatic N) is 2. The smallest absolute Gasteiger partial charge is 0.245 e. The maximum Gasteiger partial charge on any atom is 0.245 e. The number of allylic oxidation sites excluding steroid dienone is 1. The molecule has 0 unspecified atom stereocenters. The highest BCUT2D eigenvalue weighted by Crippen LogP contribution is 2.37. The number of carbonyl (C=O) groups excluding carboxylic acids is 1. The van der Waals surface area contributed by atoms with Crippen LogP contribution in [0.2, 0.25) is 0 Å². The van der Waals surface area contributed by atoms with E-state index in [1.54, 1.807) is 26.2 Å². The highest BCUT2D eigenvalue weighted by Gasteiger charge is 2.16. The van der Waals surface area contributed by atoms with Crippen molar-refractivity contribution >= 4 is 28.0 Å². The van der Waals surface area contributed by atoms with Crippen LogP contribution in [-0.2, 0) is 4.79 Å². The van der Waals surface area contributed by atoms with Crippen molar-refractivity contribution in [3.8, 4) is 5.75 Å². The Hall–Kier alpha value is -4.23. The van der Waals surface area contributed by atoms with Crippen LogP contribution in [-0.4, -0.2) is 54.8 Å². The Morgan fingerprint density at radius 1 is 1.03 bits per heavy atom. The highest BCUT2D eigenvalue weighted by atomic mass is 19.1. The van der Waals surface area contributed by atoms with Gasteiger partial charge in [-0.15, -0.1) is 0 Å². The van der Waals surface area contributed by atoms with Crippen LogP contribution in [0.3, 0.4) is 0 Å². The molecule has 7 heteroatoms. The molecule has 3 aromatic carbocycles. The van der Waals surface area contributed by atoms with Gasteiger partial charge in [0.25, 0.3) is 0 Å². The van der Waals surface area contributed by atoms with Gasteiger partial charge in [-0.25, -0.2) is 0 Å². The van der Waals surface area contributed by atoms with E-state index in [1.807, 2.05) is 48.5 Å². The van der Waals surface area contributed by atoms with Gasteiger partial charge in [-0.1, -0.05) is 68.0 Å². The summed E-state index contributed by atoms with van der Waals surface area (Å²) in [5, 5.41) is 10.2. The van der Waals surface area contributed by atoms with E-state index >= 15 is 0 Å². The molecule has 0 saturated carbocycles. The Balaban J connectivity index is 1.55. The quantitative estimate of drug-likeness (QED) is 0.133. The molecule has 0 aliphatic heterocycles. The van der Waals surface area contributed by atoms with Gasteiger partial charge < -0.3 is 15.0 Å². The Bertz CT molecular complexity index is 1440. The number of amides is 1. The summed E-state index contributed by atoms with van der Waals surface area (Å²) >= 11 is 0. The molecule has 1 amide bonds. The van der Waals surface area contributed by atoms with Gasteiger partial charge in [0.05, 0.1) is 10.9 Å². The van der Waals surface area contributed by atoms with Gasteiger partial charge >= 0.3 is 0 Å². The normalized spacial score (nSPS) is 12.1. The van der Waals surface area contributed by atoms with Crippen molar-refractivity contribution < 1.29 is 13.9 Å². The van der Waals surface area contributed by atoms with Gasteiger partial charge in [-0.05, 0) is 58.5 Å². The number of halogens is 1. The van der Waals surface area contributed by atoms with Gasteiger partial charge in [-0.2, -0.15) is 9.49 Å². The van der Waals surface area contributed by atoms with E-state index in [0.717, 1.165) is 40.9 Å². The van der Waals surface area contributed by atoms with E-state index in [-0.39, 0.29) is 5.91 Å². The summed E-state index contributed by atoms with van der Waals surface area (Å²) in [5.74, 6) is 0.303. The average molecular weight is 527 g/mol. The number of hydrogen-bond donors (Lipinski definition) is 2. The number of hydrogen-bond acceptors (Lipinski definition) is 4. The van der Waals surface area contributed by atoms with Crippen LogP contribution in [0, 0.1) is 5.95 Å². The standard InChI is InChI=1S/C32H35FN4O2/c1-4-9-27(23-10-6-5-7-11-23)31(25-15-18-29-28(22-25)32(33)36-35-29)24-13-16-26(17-14-24)39-21-20-34-19-8-12-30(38)37(2)3/h5-8,10-18,22,34H,4,9,19-21H2,1-3H3,(H,35,36)/b12-8+,31-27+. The predicted octanol–water partition coefficient (Wildman–Crippen LogP) is 6.07. The lowest BCUT2D eigenvalue weighted by atomic mass is 9.87. The van der Waals surface area contributed by atoms with Crippen LogP contribution in [0.15, 0.2) is 84.9 Å². The largest absolute Gasteiger partial charge is 0.492 e. The second-order valence-corrected chi connectivity index (χ2v) is 9.45. The topological polar surface area (TPSA) is 70.2 Å². The molecule has 202 valence electrons. The minimum atomic E-state index is -0.430. The van der Waals surface area contributed by atoms with E-state index in [4.69, 9.17) is 4.74 Å². The molecule has 4 aromatic rings. The van der Waals surface area contributed by atoms with Gasteiger partial charge in [0.1, 0.15) is 12.4 Å². The monoisotopic (exact) mass is 526 g/mol. The molecule has 6 nitrogen and oxygen atoms in total. The van der Waals surface area contributed by atoms with Crippen LogP contribution in [0.1, 0.15) is 36.5 Å². The molecule has 0 saturated heterocycles. The Morgan fingerprint density at radius 3 is 2.49 bits per heavy atom. The maximum atomic E-state index is 14.4. The van der Waals surface area contributed by atoms with Crippen molar-refractivity contribution in [1.82, 2.24) is 20.4 Å². The first-order chi connectivity index (χ1) is 19.0. The van der Waals surface area contributed by atoms with Crippen LogP contribution < -0.4 is 10.1 Å². The zero-order valence-electron chi connectivity index (χ0n) is 22.7. The van der Waals surface area contributed by atoms with E-state index < -0.39 is 5.95 Å². The number of carbonyl (C=O) groups is 1. The van der Waals surface area contributed by atoms with E-state index in [2.05, 4.69) is 46.7 Å². The highest BCUT2D eigenvalue weighted by molar-refractivity contribution is 6.00. The third kappa shape index (κ3) is 7.21. The molecule has 2 N–H and O–H groups in total. The number of nitrogens with one attached hydrogen (secondary N) is 2. The van der Waals surface area contributed by atoms with E-state index in [0.29, 0.717) is 30.6 Å². The van der Waals surface area contributed by atoms with Gasteiger partial charge in [0.2, 0.25) is 11.9 Å². The Kier molecular flexibility index (Phi) is 9.64. The van der Waals surface area contributed by atoms with Crippen molar-refractivity contribution in [1.29, 1.82) is 0 Å². The summed E-state index contributed by atoms with van der Waals surface area (Å²) < 4.78 is 20.4. The fraction of sp³-hybridized carbons (Fsp3) is 0.250. The Labute approximate surface area is 229 Å². The summed E-state index contributed by atoms with van der Waals surface area (Å²) in [5.41, 5.74) is 6.00. The molecule has 0 bridgehead atoms. The van der Waals surface area contributed by atoms with Crippen LogP contribution >= 0.6 is 0 Å². The van der Waals surface area contributed by atoms with Crippen molar-refractivity contribution in [2.24, 2.45) is 0 Å². The summed E-state index contributed by atoms with van der Waals surface area (Å²) in [6, 6.07) is 24.1. The molecule has 0 spiro atoms. The first-order valence-electron chi connectivity index (χ1n) is 13.2. The third-order valence-corrected chi connectivity index (χ3v) is 6.37. The number of ether oxygens (including phenoxy) is 1. The second-order valence-electron chi connectivity index (χ2n) is 9.45. The zero-order chi connectivity index (χ0) is 27.6. The molecule has 0 fully saturated rings. The van der Waals surface area contributed by atoms with Crippen molar-refractivity contribution in [2.75, 3.05) is 33.8 Å². The van der Waals surface area contributed by atoms with Crippen molar-refractivity contribution in [3.05, 3.63) is 108 Å². The molecule has 1 heterocycles. The van der Waals surface area contributed by atoms with Crippen LogP contribution in [0.5, 0.6) is 5.75 Å². The number of H-pyrrole nitrogens is 1. The molecular weight excluding hydrogens is 491 g/mol. The summed E-state index contributed by atoms with van der Waals surface area (Å²) in [4.78, 5) is 13.1. The van der Waals surface area contributed by atoms with Crippen LogP contribution in [0.25, 0.3) is 22.0 Å². The van der Waals surface area contributed by atoms with E-state index in [1.165, 1.54) is 10.5 Å². The summed E-state index contributed by atoms with van der Waals surface area (Å²) in [7, 11) is 3.45. The van der Waals surface area contributed by atoms with Gasteiger partial charge in [0.15, 0.2) is 0 Å². The first-order valence-corrected chi connectivity index (χ1v) is 13.2.